The lowest BCUT2D eigenvalue weighted by Crippen LogP contribution is -2.28. The maximum atomic E-state index is 11.9. The van der Waals surface area contributed by atoms with Crippen molar-refractivity contribution >= 4 is 11.8 Å². The molecule has 0 bridgehead atoms. The van der Waals surface area contributed by atoms with Gasteiger partial charge in [0, 0.05) is 45.1 Å². The van der Waals surface area contributed by atoms with Gasteiger partial charge in [-0.3, -0.25) is 9.59 Å². The van der Waals surface area contributed by atoms with Crippen molar-refractivity contribution in [1.82, 2.24) is 15.1 Å². The third-order valence-corrected chi connectivity index (χ3v) is 3.18. The molecule has 0 aromatic rings. The van der Waals surface area contributed by atoms with Gasteiger partial charge in [0.25, 0.3) is 0 Å². The highest BCUT2D eigenvalue weighted by Crippen LogP contribution is 2.20. The Kier molecular flexibility index (Phi) is 5.98. The normalized spacial score (nSPS) is 23.3. The van der Waals surface area contributed by atoms with Gasteiger partial charge in [0.1, 0.15) is 0 Å². The van der Waals surface area contributed by atoms with Gasteiger partial charge in [-0.2, -0.15) is 0 Å². The van der Waals surface area contributed by atoms with Crippen molar-refractivity contribution in [3.05, 3.63) is 12.2 Å². The fourth-order valence-corrected chi connectivity index (χ4v) is 2.04. The van der Waals surface area contributed by atoms with Crippen LogP contribution in [-0.2, 0) is 9.59 Å². The number of rotatable bonds is 5. The van der Waals surface area contributed by atoms with Gasteiger partial charge in [0.05, 0.1) is 6.10 Å². The van der Waals surface area contributed by atoms with E-state index >= 15 is 0 Å². The molecule has 1 aliphatic heterocycles. The summed E-state index contributed by atoms with van der Waals surface area (Å²) in [5, 5.41) is 12.4. The largest absolute Gasteiger partial charge is 0.391 e. The number of aliphatic hydroxyl groups is 1. The number of hydrogen-bond donors (Lipinski definition) is 2. The minimum absolute atomic E-state index is 0.110. The summed E-state index contributed by atoms with van der Waals surface area (Å²) in [6, 6.07) is 0. The number of likely N-dealkylation sites (tertiary alicyclic amines) is 1. The van der Waals surface area contributed by atoms with Crippen LogP contribution in [0.15, 0.2) is 12.2 Å². The fraction of sp³-hybridized carbons (Fsp3) is 0.692. The maximum absolute atomic E-state index is 11.9. The van der Waals surface area contributed by atoms with Crippen molar-refractivity contribution in [1.29, 1.82) is 0 Å². The van der Waals surface area contributed by atoms with E-state index in [1.54, 1.807) is 18.0 Å². The molecule has 0 unspecified atom stereocenters. The van der Waals surface area contributed by atoms with E-state index in [2.05, 4.69) is 5.32 Å². The third kappa shape index (κ3) is 5.00. The fourth-order valence-electron chi connectivity index (χ4n) is 2.04. The molecule has 0 saturated carbocycles. The van der Waals surface area contributed by atoms with Gasteiger partial charge in [0.2, 0.25) is 11.8 Å². The summed E-state index contributed by atoms with van der Waals surface area (Å²) in [6.45, 7) is 1.43. The van der Waals surface area contributed by atoms with Crippen LogP contribution in [0.25, 0.3) is 0 Å². The number of nitrogens with zero attached hydrogens (tertiary/aromatic N) is 2. The van der Waals surface area contributed by atoms with E-state index in [-0.39, 0.29) is 24.2 Å². The molecule has 0 aromatic heterocycles. The van der Waals surface area contributed by atoms with E-state index in [0.717, 1.165) is 0 Å². The number of nitrogens with one attached hydrogen (secondary N) is 1. The first-order valence-electron chi connectivity index (χ1n) is 6.43. The topological polar surface area (TPSA) is 72.9 Å². The molecule has 1 aliphatic rings. The van der Waals surface area contributed by atoms with Gasteiger partial charge in [-0.1, -0.05) is 6.08 Å². The molecule has 1 fully saturated rings. The third-order valence-electron chi connectivity index (χ3n) is 3.18. The van der Waals surface area contributed by atoms with Crippen LogP contribution < -0.4 is 5.32 Å². The summed E-state index contributed by atoms with van der Waals surface area (Å²) in [7, 11) is 5.41. The average molecular weight is 269 g/mol. The second-order valence-corrected chi connectivity index (χ2v) is 5.11. The molecule has 2 N–H and O–H groups in total. The molecule has 2 atom stereocenters. The van der Waals surface area contributed by atoms with Gasteiger partial charge in [-0.05, 0) is 14.1 Å². The van der Waals surface area contributed by atoms with Crippen molar-refractivity contribution in [2.45, 2.75) is 12.5 Å². The van der Waals surface area contributed by atoms with Crippen LogP contribution >= 0.6 is 0 Å². The molecule has 1 saturated heterocycles. The van der Waals surface area contributed by atoms with E-state index in [1.807, 2.05) is 19.0 Å². The van der Waals surface area contributed by atoms with Crippen molar-refractivity contribution in [3.8, 4) is 0 Å². The molecule has 2 amide bonds. The lowest BCUT2D eigenvalue weighted by atomic mass is 10.0. The molecular weight excluding hydrogens is 246 g/mol. The standard InChI is InChI=1S/C13H23N3O3/c1-14-12(18)7-10-8-16(9-11(10)17)13(19)5-4-6-15(2)3/h4-5,10-11,17H,6-9H2,1-3H3,(H,14,18)/b5-4+/t10-,11-/m0/s1. The maximum Gasteiger partial charge on any atom is 0.246 e. The highest BCUT2D eigenvalue weighted by Gasteiger charge is 2.34. The molecule has 1 rings (SSSR count). The Morgan fingerprint density at radius 3 is 2.68 bits per heavy atom. The van der Waals surface area contributed by atoms with Gasteiger partial charge < -0.3 is 20.2 Å². The van der Waals surface area contributed by atoms with E-state index in [9.17, 15) is 14.7 Å². The van der Waals surface area contributed by atoms with Crippen molar-refractivity contribution in [2.75, 3.05) is 40.8 Å². The second kappa shape index (κ2) is 7.25. The molecule has 0 radical (unpaired) electrons. The number of aliphatic hydroxyl groups excluding tert-OH is 1. The van der Waals surface area contributed by atoms with Crippen LogP contribution in [-0.4, -0.2) is 73.6 Å². The molecule has 6 nitrogen and oxygen atoms in total. The summed E-state index contributed by atoms with van der Waals surface area (Å²) in [5.41, 5.74) is 0. The number of amides is 2. The zero-order valence-corrected chi connectivity index (χ0v) is 11.8. The Balaban J connectivity index is 2.47. The van der Waals surface area contributed by atoms with Gasteiger partial charge in [-0.15, -0.1) is 0 Å². The van der Waals surface area contributed by atoms with E-state index in [4.69, 9.17) is 0 Å². The Bertz CT molecular complexity index is 355. The van der Waals surface area contributed by atoms with Crippen LogP contribution in [0.5, 0.6) is 0 Å². The molecular formula is C13H23N3O3. The van der Waals surface area contributed by atoms with Gasteiger partial charge in [0.15, 0.2) is 0 Å². The Hall–Kier alpha value is -1.40. The van der Waals surface area contributed by atoms with Crippen LogP contribution in [0.4, 0.5) is 0 Å². The highest BCUT2D eigenvalue weighted by atomic mass is 16.3. The van der Waals surface area contributed by atoms with Crippen LogP contribution in [0.2, 0.25) is 0 Å². The summed E-state index contributed by atoms with van der Waals surface area (Å²) in [4.78, 5) is 26.7. The van der Waals surface area contributed by atoms with Crippen LogP contribution in [0, 0.1) is 5.92 Å². The summed E-state index contributed by atoms with van der Waals surface area (Å²) in [5.74, 6) is -0.395. The SMILES string of the molecule is CNC(=O)C[C@H]1CN(C(=O)/C=C/CN(C)C)C[C@@H]1O. The molecule has 0 aromatic carbocycles. The van der Waals surface area contributed by atoms with Crippen LogP contribution in [0.3, 0.4) is 0 Å². The predicted molar refractivity (Wildman–Crippen MR) is 72.5 cm³/mol. The van der Waals surface area contributed by atoms with E-state index in [1.165, 1.54) is 6.08 Å². The molecule has 0 spiro atoms. The molecule has 0 aliphatic carbocycles. The number of likely N-dealkylation sites (N-methyl/N-ethyl adjacent to an activating group) is 1. The molecule has 6 heteroatoms. The minimum Gasteiger partial charge on any atom is -0.391 e. The predicted octanol–water partition coefficient (Wildman–Crippen LogP) is -0.940. The number of carbonyl (C=O) groups is 2. The summed E-state index contributed by atoms with van der Waals surface area (Å²) in [6.07, 6.45) is 2.95. The quantitative estimate of drug-likeness (QED) is 0.632. The first kappa shape index (κ1) is 15.7. The molecule has 1 heterocycles. The first-order chi connectivity index (χ1) is 8.93. The first-order valence-corrected chi connectivity index (χ1v) is 6.43. The average Bonchev–Trinajstić information content (AvgIpc) is 2.70. The highest BCUT2D eigenvalue weighted by molar-refractivity contribution is 5.88. The number of carbonyl (C=O) groups excluding carboxylic acids is 2. The second-order valence-electron chi connectivity index (χ2n) is 5.11. The molecule has 108 valence electrons. The van der Waals surface area contributed by atoms with Crippen molar-refractivity contribution < 1.29 is 14.7 Å². The number of hydrogen-bond acceptors (Lipinski definition) is 4. The lowest BCUT2D eigenvalue weighted by molar-refractivity contribution is -0.126. The van der Waals surface area contributed by atoms with Gasteiger partial charge in [-0.25, -0.2) is 0 Å². The Labute approximate surface area is 114 Å². The number of β-amino-alcohol motifs (C(OH)–C–C–N with tert-alkyl or cyclic N) is 1. The Morgan fingerprint density at radius 1 is 1.42 bits per heavy atom. The smallest absolute Gasteiger partial charge is 0.246 e. The Morgan fingerprint density at radius 2 is 2.11 bits per heavy atom. The van der Waals surface area contributed by atoms with Crippen molar-refractivity contribution in [2.24, 2.45) is 5.92 Å². The zero-order valence-electron chi connectivity index (χ0n) is 11.8. The molecule has 19 heavy (non-hydrogen) atoms. The zero-order chi connectivity index (χ0) is 14.4. The van der Waals surface area contributed by atoms with Crippen LogP contribution in [0.1, 0.15) is 6.42 Å². The van der Waals surface area contributed by atoms with Crippen molar-refractivity contribution in [3.63, 3.8) is 0 Å². The van der Waals surface area contributed by atoms with Gasteiger partial charge >= 0.3 is 0 Å². The van der Waals surface area contributed by atoms with E-state index < -0.39 is 6.10 Å². The summed E-state index contributed by atoms with van der Waals surface area (Å²) < 4.78 is 0. The van der Waals surface area contributed by atoms with E-state index in [0.29, 0.717) is 19.6 Å². The summed E-state index contributed by atoms with van der Waals surface area (Å²) >= 11 is 0. The minimum atomic E-state index is -0.622. The lowest BCUT2D eigenvalue weighted by Gasteiger charge is -2.13. The monoisotopic (exact) mass is 269 g/mol.